The van der Waals surface area contributed by atoms with Crippen molar-refractivity contribution in [1.29, 1.82) is 0 Å². The summed E-state index contributed by atoms with van der Waals surface area (Å²) < 4.78 is 4.90. The number of hydrogen-bond donors (Lipinski definition) is 2. The van der Waals surface area contributed by atoms with Gasteiger partial charge in [0.05, 0.1) is 12.6 Å². The van der Waals surface area contributed by atoms with E-state index in [1.165, 1.54) is 16.7 Å². The molecule has 0 bridgehead atoms. The third-order valence-corrected chi connectivity index (χ3v) is 3.23. The molecule has 2 N–H and O–H groups in total. The molecular weight excluding hydrogens is 240 g/mol. The molecule has 1 amide bonds. The molecule has 4 heteroatoms. The summed E-state index contributed by atoms with van der Waals surface area (Å²) in [6, 6.07) is 6.02. The van der Waals surface area contributed by atoms with Crippen molar-refractivity contribution >= 4 is 5.91 Å². The number of carbonyl (C=O) groups is 1. The van der Waals surface area contributed by atoms with E-state index in [1.54, 1.807) is 7.11 Å². The van der Waals surface area contributed by atoms with E-state index in [1.807, 2.05) is 6.92 Å². The lowest BCUT2D eigenvalue weighted by molar-refractivity contribution is -0.122. The van der Waals surface area contributed by atoms with Gasteiger partial charge in [0.15, 0.2) is 0 Å². The van der Waals surface area contributed by atoms with Crippen LogP contribution in [0.15, 0.2) is 18.2 Å². The molecule has 1 unspecified atom stereocenters. The highest BCUT2D eigenvalue weighted by atomic mass is 16.5. The summed E-state index contributed by atoms with van der Waals surface area (Å²) in [7, 11) is 1.62. The second kappa shape index (κ2) is 7.92. The zero-order valence-corrected chi connectivity index (χ0v) is 12.2. The summed E-state index contributed by atoms with van der Waals surface area (Å²) in [6.07, 6.45) is 0. The third-order valence-electron chi connectivity index (χ3n) is 3.23. The quantitative estimate of drug-likeness (QED) is 0.735. The molecule has 1 aromatic rings. The van der Waals surface area contributed by atoms with Crippen molar-refractivity contribution in [3.8, 4) is 0 Å². The topological polar surface area (TPSA) is 50.4 Å². The molecule has 1 atom stereocenters. The Hall–Kier alpha value is -1.39. The van der Waals surface area contributed by atoms with Crippen LogP contribution in [-0.4, -0.2) is 32.2 Å². The van der Waals surface area contributed by atoms with Gasteiger partial charge >= 0.3 is 0 Å². The lowest BCUT2D eigenvalue weighted by Crippen LogP contribution is -2.43. The van der Waals surface area contributed by atoms with Gasteiger partial charge in [-0.05, 0) is 37.5 Å². The number of carbonyl (C=O) groups excluding carboxylic acids is 1. The molecule has 0 saturated heterocycles. The zero-order chi connectivity index (χ0) is 14.3. The monoisotopic (exact) mass is 264 g/mol. The standard InChI is InChI=1S/C15H24N2O2/c1-11-6-5-7-12(2)14(11)10-17-13(3)15(18)16-8-9-19-4/h5-7,13,17H,8-10H2,1-4H3,(H,16,18). The molecule has 1 aromatic carbocycles. The molecule has 0 fully saturated rings. The molecule has 19 heavy (non-hydrogen) atoms. The average Bonchev–Trinajstić information content (AvgIpc) is 2.38. The van der Waals surface area contributed by atoms with E-state index in [0.29, 0.717) is 19.7 Å². The van der Waals surface area contributed by atoms with Gasteiger partial charge in [-0.25, -0.2) is 0 Å². The van der Waals surface area contributed by atoms with Crippen molar-refractivity contribution in [2.45, 2.75) is 33.4 Å². The van der Waals surface area contributed by atoms with Crippen molar-refractivity contribution in [3.63, 3.8) is 0 Å². The third kappa shape index (κ3) is 5.01. The minimum atomic E-state index is -0.212. The van der Waals surface area contributed by atoms with Crippen LogP contribution < -0.4 is 10.6 Å². The highest BCUT2D eigenvalue weighted by Gasteiger charge is 2.12. The van der Waals surface area contributed by atoms with Crippen molar-refractivity contribution in [2.24, 2.45) is 0 Å². The van der Waals surface area contributed by atoms with Gasteiger partial charge in [0.2, 0.25) is 5.91 Å². The van der Waals surface area contributed by atoms with Crippen molar-refractivity contribution in [3.05, 3.63) is 34.9 Å². The van der Waals surface area contributed by atoms with Crippen LogP contribution >= 0.6 is 0 Å². The fourth-order valence-electron chi connectivity index (χ4n) is 1.91. The van der Waals surface area contributed by atoms with Gasteiger partial charge in [0.25, 0.3) is 0 Å². The van der Waals surface area contributed by atoms with Crippen LogP contribution in [0.2, 0.25) is 0 Å². The maximum Gasteiger partial charge on any atom is 0.236 e. The number of ether oxygens (including phenoxy) is 1. The summed E-state index contributed by atoms with van der Waals surface area (Å²) in [4.78, 5) is 11.8. The van der Waals surface area contributed by atoms with E-state index in [0.717, 1.165) is 0 Å². The highest BCUT2D eigenvalue weighted by Crippen LogP contribution is 2.12. The largest absolute Gasteiger partial charge is 0.383 e. The molecule has 0 aliphatic heterocycles. The van der Waals surface area contributed by atoms with Crippen LogP contribution in [0.3, 0.4) is 0 Å². The maximum atomic E-state index is 11.8. The van der Waals surface area contributed by atoms with E-state index >= 15 is 0 Å². The lowest BCUT2D eigenvalue weighted by atomic mass is 10.0. The van der Waals surface area contributed by atoms with Crippen molar-refractivity contribution in [2.75, 3.05) is 20.3 Å². The van der Waals surface area contributed by atoms with Crippen molar-refractivity contribution in [1.82, 2.24) is 10.6 Å². The number of nitrogens with one attached hydrogen (secondary N) is 2. The van der Waals surface area contributed by atoms with E-state index in [4.69, 9.17) is 4.74 Å². The fraction of sp³-hybridized carbons (Fsp3) is 0.533. The molecule has 0 aliphatic carbocycles. The molecule has 0 spiro atoms. The van der Waals surface area contributed by atoms with Crippen molar-refractivity contribution < 1.29 is 9.53 Å². The number of hydrogen-bond acceptors (Lipinski definition) is 3. The Labute approximate surface area is 115 Å². The molecular formula is C15H24N2O2. The van der Waals surface area contributed by atoms with Crippen LogP contribution in [0.1, 0.15) is 23.6 Å². The first-order valence-electron chi connectivity index (χ1n) is 6.61. The first-order valence-corrected chi connectivity index (χ1v) is 6.61. The lowest BCUT2D eigenvalue weighted by Gasteiger charge is -2.16. The van der Waals surface area contributed by atoms with Crippen LogP contribution in [-0.2, 0) is 16.1 Å². The van der Waals surface area contributed by atoms with Gasteiger partial charge in [-0.2, -0.15) is 0 Å². The SMILES string of the molecule is COCCNC(=O)C(C)NCc1c(C)cccc1C. The summed E-state index contributed by atoms with van der Waals surface area (Å²) in [5, 5.41) is 6.08. The van der Waals surface area contributed by atoms with E-state index < -0.39 is 0 Å². The first kappa shape index (κ1) is 15.7. The minimum Gasteiger partial charge on any atom is -0.383 e. The number of methoxy groups -OCH3 is 1. The van der Waals surface area contributed by atoms with E-state index in [-0.39, 0.29) is 11.9 Å². The Kier molecular flexibility index (Phi) is 6.53. The van der Waals surface area contributed by atoms with E-state index in [2.05, 4.69) is 42.7 Å². The number of benzene rings is 1. The Balaban J connectivity index is 2.45. The summed E-state index contributed by atoms with van der Waals surface area (Å²) in [5.41, 5.74) is 3.76. The molecule has 1 rings (SSSR count). The number of amides is 1. The van der Waals surface area contributed by atoms with Gasteiger partial charge in [-0.15, -0.1) is 0 Å². The fourth-order valence-corrected chi connectivity index (χ4v) is 1.91. The molecule has 4 nitrogen and oxygen atoms in total. The van der Waals surface area contributed by atoms with Gasteiger partial charge < -0.3 is 15.4 Å². The second-order valence-electron chi connectivity index (χ2n) is 4.76. The molecule has 0 heterocycles. The summed E-state index contributed by atoms with van der Waals surface area (Å²) in [6.45, 7) is 7.84. The maximum absolute atomic E-state index is 11.8. The first-order chi connectivity index (χ1) is 9.06. The molecule has 0 aliphatic rings. The second-order valence-corrected chi connectivity index (χ2v) is 4.76. The summed E-state index contributed by atoms with van der Waals surface area (Å²) >= 11 is 0. The Bertz CT molecular complexity index is 398. The Morgan fingerprint density at radius 3 is 2.53 bits per heavy atom. The van der Waals surface area contributed by atoms with Gasteiger partial charge in [0, 0.05) is 20.2 Å². The van der Waals surface area contributed by atoms with Gasteiger partial charge in [-0.3, -0.25) is 4.79 Å². The van der Waals surface area contributed by atoms with Crippen LogP contribution in [0, 0.1) is 13.8 Å². The van der Waals surface area contributed by atoms with Crippen LogP contribution in [0.5, 0.6) is 0 Å². The predicted octanol–water partition coefficient (Wildman–Crippen LogP) is 1.54. The highest BCUT2D eigenvalue weighted by molar-refractivity contribution is 5.81. The Morgan fingerprint density at radius 1 is 1.32 bits per heavy atom. The minimum absolute atomic E-state index is 0.00304. The number of aryl methyl sites for hydroxylation is 2. The van der Waals surface area contributed by atoms with Crippen LogP contribution in [0.4, 0.5) is 0 Å². The molecule has 106 valence electrons. The van der Waals surface area contributed by atoms with Gasteiger partial charge in [-0.1, -0.05) is 18.2 Å². The van der Waals surface area contributed by atoms with Crippen LogP contribution in [0.25, 0.3) is 0 Å². The summed E-state index contributed by atoms with van der Waals surface area (Å²) in [5.74, 6) is 0.00304. The predicted molar refractivity (Wildman–Crippen MR) is 77.1 cm³/mol. The van der Waals surface area contributed by atoms with Gasteiger partial charge in [0.1, 0.15) is 0 Å². The smallest absolute Gasteiger partial charge is 0.236 e. The molecule has 0 radical (unpaired) electrons. The number of rotatable bonds is 7. The molecule has 0 aromatic heterocycles. The van der Waals surface area contributed by atoms with E-state index in [9.17, 15) is 4.79 Å². The Morgan fingerprint density at radius 2 is 1.95 bits per heavy atom. The zero-order valence-electron chi connectivity index (χ0n) is 12.2. The average molecular weight is 264 g/mol. The molecule has 0 saturated carbocycles. The normalized spacial score (nSPS) is 12.2.